The van der Waals surface area contributed by atoms with E-state index in [4.69, 9.17) is 15.0 Å². The fourth-order valence-electron chi connectivity index (χ4n) is 2.87. The number of rotatable bonds is 4. The summed E-state index contributed by atoms with van der Waals surface area (Å²) >= 11 is 0. The Kier molecular flexibility index (Phi) is 3.15. The lowest BCUT2D eigenvalue weighted by Gasteiger charge is -2.22. The fourth-order valence-corrected chi connectivity index (χ4v) is 2.87. The van der Waals surface area contributed by atoms with Crippen molar-refractivity contribution in [1.82, 2.24) is 10.1 Å². The second-order valence-electron chi connectivity index (χ2n) is 5.97. The van der Waals surface area contributed by atoms with Crippen LogP contribution in [0.3, 0.4) is 0 Å². The van der Waals surface area contributed by atoms with Gasteiger partial charge in [-0.1, -0.05) is 11.2 Å². The summed E-state index contributed by atoms with van der Waals surface area (Å²) in [6.07, 6.45) is 5.64. The molecule has 1 saturated carbocycles. The molecule has 21 heavy (non-hydrogen) atoms. The van der Waals surface area contributed by atoms with Crippen LogP contribution in [0.15, 0.2) is 22.7 Å². The average molecular weight is 285 g/mol. The highest BCUT2D eigenvalue weighted by Gasteiger charge is 2.29. The zero-order valence-corrected chi connectivity index (χ0v) is 11.9. The number of nitrogens with two attached hydrogens (primary N) is 1. The monoisotopic (exact) mass is 285 g/mol. The molecule has 2 aromatic rings. The molecule has 0 aliphatic heterocycles. The highest BCUT2D eigenvalue weighted by Crippen LogP contribution is 2.38. The van der Waals surface area contributed by atoms with E-state index in [1.54, 1.807) is 0 Å². The number of ether oxygens (including phenoxy) is 1. The van der Waals surface area contributed by atoms with Gasteiger partial charge < -0.3 is 15.0 Å². The quantitative estimate of drug-likeness (QED) is 0.935. The van der Waals surface area contributed by atoms with Crippen LogP contribution in [0.2, 0.25) is 0 Å². The van der Waals surface area contributed by atoms with Crippen LogP contribution in [0.1, 0.15) is 60.5 Å². The molecule has 2 N–H and O–H groups in total. The fraction of sp³-hybridized carbons (Fsp3) is 0.500. The predicted molar refractivity (Wildman–Crippen MR) is 76.9 cm³/mol. The van der Waals surface area contributed by atoms with Crippen LogP contribution in [0.25, 0.3) is 0 Å². The number of nitrogens with zero attached hydrogens (tertiary/aromatic N) is 2. The van der Waals surface area contributed by atoms with Crippen molar-refractivity contribution in [3.63, 3.8) is 0 Å². The maximum absolute atomic E-state index is 6.17. The molecule has 1 fully saturated rings. The van der Waals surface area contributed by atoms with Gasteiger partial charge in [-0.15, -0.1) is 0 Å². The zero-order valence-electron chi connectivity index (χ0n) is 11.9. The average Bonchev–Trinajstić information content (AvgIpc) is 3.25. The van der Waals surface area contributed by atoms with E-state index in [0.29, 0.717) is 18.3 Å². The second kappa shape index (κ2) is 5.15. The Labute approximate surface area is 123 Å². The molecule has 1 atom stereocenters. The Hall–Kier alpha value is -1.88. The predicted octanol–water partition coefficient (Wildman–Crippen LogP) is 2.86. The van der Waals surface area contributed by atoms with E-state index in [2.05, 4.69) is 22.3 Å². The van der Waals surface area contributed by atoms with Crippen LogP contribution >= 0.6 is 0 Å². The molecule has 1 aromatic heterocycles. The number of fused-ring (bicyclic) bond motifs is 1. The van der Waals surface area contributed by atoms with Crippen molar-refractivity contribution in [2.24, 2.45) is 5.73 Å². The molecule has 0 radical (unpaired) electrons. The topological polar surface area (TPSA) is 74.2 Å². The molecule has 0 spiro atoms. The highest BCUT2D eigenvalue weighted by atomic mass is 16.5. The molecule has 5 nitrogen and oxygen atoms in total. The molecule has 110 valence electrons. The lowest BCUT2D eigenvalue weighted by Crippen LogP contribution is -2.17. The summed E-state index contributed by atoms with van der Waals surface area (Å²) in [5.41, 5.74) is 8.73. The van der Waals surface area contributed by atoms with Crippen molar-refractivity contribution in [3.8, 4) is 5.75 Å². The minimum absolute atomic E-state index is 0.129. The number of aromatic nitrogens is 2. The van der Waals surface area contributed by atoms with E-state index >= 15 is 0 Å². The maximum Gasteiger partial charge on any atom is 0.229 e. The normalized spacial score (nSPS) is 21.1. The standard InChI is InChI=1S/C16H19N3O2/c17-14-3-1-2-10-6-7-12(8-13(10)14)20-9-15-18-16(21-19-15)11-4-5-11/h6-8,11,14H,1-5,9,17H2. The Morgan fingerprint density at radius 3 is 3.05 bits per heavy atom. The molecule has 1 aromatic carbocycles. The van der Waals surface area contributed by atoms with E-state index < -0.39 is 0 Å². The second-order valence-corrected chi connectivity index (χ2v) is 5.97. The van der Waals surface area contributed by atoms with Crippen molar-refractivity contribution in [3.05, 3.63) is 41.0 Å². The Balaban J connectivity index is 1.45. The van der Waals surface area contributed by atoms with E-state index in [0.717, 1.165) is 37.3 Å². The summed E-state index contributed by atoms with van der Waals surface area (Å²) in [5.74, 6) is 2.66. The number of aryl methyl sites for hydroxylation is 1. The highest BCUT2D eigenvalue weighted by molar-refractivity contribution is 5.39. The molecule has 1 unspecified atom stereocenters. The Morgan fingerprint density at radius 2 is 2.19 bits per heavy atom. The molecule has 1 heterocycles. The third kappa shape index (κ3) is 2.65. The summed E-state index contributed by atoms with van der Waals surface area (Å²) in [4.78, 5) is 4.36. The van der Waals surface area contributed by atoms with Gasteiger partial charge in [-0.3, -0.25) is 0 Å². The maximum atomic E-state index is 6.17. The number of benzene rings is 1. The van der Waals surface area contributed by atoms with E-state index in [-0.39, 0.29) is 6.04 Å². The smallest absolute Gasteiger partial charge is 0.229 e. The SMILES string of the molecule is NC1CCCc2ccc(OCc3noc(C4CC4)n3)cc21. The first kappa shape index (κ1) is 12.8. The number of hydrogen-bond donors (Lipinski definition) is 1. The first-order valence-corrected chi connectivity index (χ1v) is 7.63. The first-order chi connectivity index (χ1) is 10.3. The summed E-state index contributed by atoms with van der Waals surface area (Å²) in [6.45, 7) is 0.338. The molecule has 2 aliphatic rings. The van der Waals surface area contributed by atoms with E-state index in [1.807, 2.05) is 6.07 Å². The molecule has 5 heteroatoms. The van der Waals surface area contributed by atoms with Gasteiger partial charge in [0.1, 0.15) is 5.75 Å². The van der Waals surface area contributed by atoms with Gasteiger partial charge in [0.15, 0.2) is 6.61 Å². The molecule has 0 saturated heterocycles. The van der Waals surface area contributed by atoms with Crippen LogP contribution in [0.5, 0.6) is 5.75 Å². The van der Waals surface area contributed by atoms with Gasteiger partial charge in [0.05, 0.1) is 0 Å². The van der Waals surface area contributed by atoms with E-state index in [1.165, 1.54) is 17.5 Å². The molecule has 2 aliphatic carbocycles. The molecular weight excluding hydrogens is 266 g/mol. The van der Waals surface area contributed by atoms with E-state index in [9.17, 15) is 0 Å². The van der Waals surface area contributed by atoms with Crippen molar-refractivity contribution >= 4 is 0 Å². The van der Waals surface area contributed by atoms with Gasteiger partial charge in [0.25, 0.3) is 0 Å². The third-order valence-corrected chi connectivity index (χ3v) is 4.26. The largest absolute Gasteiger partial charge is 0.485 e. The van der Waals surface area contributed by atoms with Gasteiger partial charge in [-0.05, 0) is 55.4 Å². The molecule has 0 amide bonds. The Morgan fingerprint density at radius 1 is 1.29 bits per heavy atom. The molecule has 0 bridgehead atoms. The van der Waals surface area contributed by atoms with Gasteiger partial charge in [-0.2, -0.15) is 4.98 Å². The molecular formula is C16H19N3O2. The van der Waals surface area contributed by atoms with Crippen LogP contribution in [0.4, 0.5) is 0 Å². The van der Waals surface area contributed by atoms with Crippen LogP contribution in [-0.2, 0) is 13.0 Å². The zero-order chi connectivity index (χ0) is 14.2. The first-order valence-electron chi connectivity index (χ1n) is 7.63. The van der Waals surface area contributed by atoms with Crippen LogP contribution in [-0.4, -0.2) is 10.1 Å². The van der Waals surface area contributed by atoms with Crippen LogP contribution < -0.4 is 10.5 Å². The third-order valence-electron chi connectivity index (χ3n) is 4.26. The van der Waals surface area contributed by atoms with Gasteiger partial charge >= 0.3 is 0 Å². The van der Waals surface area contributed by atoms with Gasteiger partial charge in [0, 0.05) is 12.0 Å². The minimum Gasteiger partial charge on any atom is -0.485 e. The lowest BCUT2D eigenvalue weighted by molar-refractivity contribution is 0.284. The summed E-state index contributed by atoms with van der Waals surface area (Å²) in [5, 5.41) is 3.96. The summed E-state index contributed by atoms with van der Waals surface area (Å²) in [6, 6.07) is 6.30. The van der Waals surface area contributed by atoms with Crippen molar-refractivity contribution in [2.75, 3.05) is 0 Å². The van der Waals surface area contributed by atoms with Gasteiger partial charge in [-0.25, -0.2) is 0 Å². The molecule has 4 rings (SSSR count). The van der Waals surface area contributed by atoms with Crippen LogP contribution in [0, 0.1) is 0 Å². The lowest BCUT2D eigenvalue weighted by atomic mass is 9.88. The van der Waals surface area contributed by atoms with Crippen molar-refractivity contribution in [1.29, 1.82) is 0 Å². The Bertz CT molecular complexity index is 649. The minimum atomic E-state index is 0.129. The van der Waals surface area contributed by atoms with Crippen molar-refractivity contribution < 1.29 is 9.26 Å². The summed E-state index contributed by atoms with van der Waals surface area (Å²) in [7, 11) is 0. The summed E-state index contributed by atoms with van der Waals surface area (Å²) < 4.78 is 11.0. The van der Waals surface area contributed by atoms with Gasteiger partial charge in [0.2, 0.25) is 11.7 Å². The number of hydrogen-bond acceptors (Lipinski definition) is 5. The van der Waals surface area contributed by atoms with Crippen molar-refractivity contribution in [2.45, 2.75) is 50.7 Å².